The van der Waals surface area contributed by atoms with Crippen LogP contribution in [0.2, 0.25) is 0 Å². The lowest BCUT2D eigenvalue weighted by Crippen LogP contribution is -2.12. The number of benzene rings is 1. The van der Waals surface area contributed by atoms with Gasteiger partial charge in [-0.05, 0) is 46.1 Å². The quantitative estimate of drug-likeness (QED) is 0.839. The van der Waals surface area contributed by atoms with E-state index in [1.54, 1.807) is 13.0 Å². The minimum absolute atomic E-state index is 0.138. The summed E-state index contributed by atoms with van der Waals surface area (Å²) in [5.41, 5.74) is 6.67. The summed E-state index contributed by atoms with van der Waals surface area (Å²) in [6.45, 7) is 1.88. The monoisotopic (exact) mass is 247 g/mol. The first kappa shape index (κ1) is 10.6. The molecule has 0 aromatic heterocycles. The molecule has 1 rings (SSSR count). The van der Waals surface area contributed by atoms with Crippen LogP contribution in [0, 0.1) is 12.7 Å². The van der Waals surface area contributed by atoms with Crippen molar-refractivity contribution in [2.45, 2.75) is 13.0 Å². The fourth-order valence-corrected chi connectivity index (χ4v) is 1.51. The van der Waals surface area contributed by atoms with Crippen molar-refractivity contribution >= 4 is 15.9 Å². The summed E-state index contributed by atoms with van der Waals surface area (Å²) >= 11 is 3.05. The first-order valence-corrected chi connectivity index (χ1v) is 4.69. The van der Waals surface area contributed by atoms with E-state index >= 15 is 0 Å². The molecule has 3 N–H and O–H groups in total. The molecule has 0 fully saturated rings. The lowest BCUT2D eigenvalue weighted by molar-refractivity contribution is 0.186. The molecule has 72 valence electrons. The van der Waals surface area contributed by atoms with Gasteiger partial charge >= 0.3 is 0 Å². The van der Waals surface area contributed by atoms with E-state index in [1.165, 1.54) is 6.07 Å². The van der Waals surface area contributed by atoms with Gasteiger partial charge in [0.05, 0.1) is 10.6 Å². The van der Waals surface area contributed by atoms with Crippen molar-refractivity contribution in [2.24, 2.45) is 5.73 Å². The number of hydrogen-bond donors (Lipinski definition) is 2. The smallest absolute Gasteiger partial charge is 0.137 e. The second kappa shape index (κ2) is 4.17. The number of aryl methyl sites for hydroxylation is 1. The Bertz CT molecular complexity index is 317. The van der Waals surface area contributed by atoms with E-state index in [2.05, 4.69) is 15.9 Å². The van der Waals surface area contributed by atoms with Crippen molar-refractivity contribution in [1.29, 1.82) is 0 Å². The molecule has 0 saturated carbocycles. The van der Waals surface area contributed by atoms with Gasteiger partial charge in [-0.2, -0.15) is 0 Å². The predicted octanol–water partition coefficient (Wildman–Crippen LogP) is 1.89. The van der Waals surface area contributed by atoms with E-state index in [-0.39, 0.29) is 12.4 Å². The van der Waals surface area contributed by atoms with E-state index in [0.29, 0.717) is 15.6 Å². The zero-order valence-electron chi connectivity index (χ0n) is 7.22. The van der Waals surface area contributed by atoms with Crippen LogP contribution in [0.25, 0.3) is 0 Å². The standard InChI is InChI=1S/C9H11BrFNO/c1-5-2-8(11)7(10)3-6(5)9(13)4-12/h2-3,9,13H,4,12H2,1H3. The van der Waals surface area contributed by atoms with Crippen LogP contribution in [0.4, 0.5) is 4.39 Å². The van der Waals surface area contributed by atoms with Crippen molar-refractivity contribution < 1.29 is 9.50 Å². The highest BCUT2D eigenvalue weighted by atomic mass is 79.9. The molecule has 1 atom stereocenters. The Morgan fingerprint density at radius 2 is 2.23 bits per heavy atom. The second-order valence-electron chi connectivity index (χ2n) is 2.87. The molecule has 1 aromatic carbocycles. The van der Waals surface area contributed by atoms with Gasteiger partial charge in [0.2, 0.25) is 0 Å². The van der Waals surface area contributed by atoms with Crippen LogP contribution in [-0.4, -0.2) is 11.7 Å². The molecule has 13 heavy (non-hydrogen) atoms. The fraction of sp³-hybridized carbons (Fsp3) is 0.333. The summed E-state index contributed by atoms with van der Waals surface area (Å²) in [6.07, 6.45) is -0.725. The fourth-order valence-electron chi connectivity index (χ4n) is 1.15. The zero-order chi connectivity index (χ0) is 10.0. The van der Waals surface area contributed by atoms with Crippen molar-refractivity contribution in [3.05, 3.63) is 33.5 Å². The SMILES string of the molecule is Cc1cc(F)c(Br)cc1C(O)CN. The van der Waals surface area contributed by atoms with Gasteiger partial charge in [-0.25, -0.2) is 4.39 Å². The minimum atomic E-state index is -0.725. The Morgan fingerprint density at radius 1 is 1.62 bits per heavy atom. The second-order valence-corrected chi connectivity index (χ2v) is 3.73. The molecule has 0 bridgehead atoms. The molecule has 0 spiro atoms. The number of nitrogens with two attached hydrogens (primary N) is 1. The lowest BCUT2D eigenvalue weighted by atomic mass is 10.0. The first-order chi connectivity index (χ1) is 6.06. The Morgan fingerprint density at radius 3 is 2.77 bits per heavy atom. The van der Waals surface area contributed by atoms with Gasteiger partial charge in [-0.3, -0.25) is 0 Å². The summed E-state index contributed by atoms with van der Waals surface area (Å²) in [5, 5.41) is 9.46. The molecular weight excluding hydrogens is 237 g/mol. The molecule has 2 nitrogen and oxygen atoms in total. The molecule has 0 saturated heterocycles. The Labute approximate surface area is 84.7 Å². The highest BCUT2D eigenvalue weighted by Gasteiger charge is 2.11. The van der Waals surface area contributed by atoms with Gasteiger partial charge in [-0.1, -0.05) is 0 Å². The molecule has 0 aliphatic heterocycles. The predicted molar refractivity (Wildman–Crippen MR) is 52.9 cm³/mol. The molecule has 1 unspecified atom stereocenters. The molecule has 0 radical (unpaired) electrons. The maximum atomic E-state index is 13.0. The molecule has 0 heterocycles. The highest BCUT2D eigenvalue weighted by Crippen LogP contribution is 2.24. The van der Waals surface area contributed by atoms with Crippen LogP contribution in [-0.2, 0) is 0 Å². The summed E-state index contributed by atoms with van der Waals surface area (Å²) in [4.78, 5) is 0. The highest BCUT2D eigenvalue weighted by molar-refractivity contribution is 9.10. The number of rotatable bonds is 2. The van der Waals surface area contributed by atoms with Crippen LogP contribution in [0.3, 0.4) is 0 Å². The van der Waals surface area contributed by atoms with Gasteiger partial charge in [0.15, 0.2) is 0 Å². The van der Waals surface area contributed by atoms with E-state index in [4.69, 9.17) is 5.73 Å². The third-order valence-corrected chi connectivity index (χ3v) is 2.50. The largest absolute Gasteiger partial charge is 0.387 e. The minimum Gasteiger partial charge on any atom is -0.387 e. The number of halogens is 2. The molecular formula is C9H11BrFNO. The van der Waals surface area contributed by atoms with Gasteiger partial charge in [0, 0.05) is 6.54 Å². The van der Waals surface area contributed by atoms with Crippen molar-refractivity contribution in [2.75, 3.05) is 6.54 Å². The third kappa shape index (κ3) is 2.27. The van der Waals surface area contributed by atoms with Gasteiger partial charge in [0.25, 0.3) is 0 Å². The summed E-state index contributed by atoms with van der Waals surface area (Å²) in [5.74, 6) is -0.328. The lowest BCUT2D eigenvalue weighted by Gasteiger charge is -2.12. The van der Waals surface area contributed by atoms with Crippen molar-refractivity contribution in [3.8, 4) is 0 Å². The normalized spacial score (nSPS) is 13.0. The van der Waals surface area contributed by atoms with Crippen molar-refractivity contribution in [1.82, 2.24) is 0 Å². The van der Waals surface area contributed by atoms with Crippen LogP contribution in [0.5, 0.6) is 0 Å². The van der Waals surface area contributed by atoms with Gasteiger partial charge < -0.3 is 10.8 Å². The van der Waals surface area contributed by atoms with E-state index in [0.717, 1.165) is 0 Å². The average Bonchev–Trinajstić information content (AvgIpc) is 2.10. The molecule has 0 amide bonds. The zero-order valence-corrected chi connectivity index (χ0v) is 8.81. The summed E-state index contributed by atoms with van der Waals surface area (Å²) in [7, 11) is 0. The Kier molecular flexibility index (Phi) is 3.41. The average molecular weight is 248 g/mol. The number of aliphatic hydroxyl groups is 1. The summed E-state index contributed by atoms with van der Waals surface area (Å²) < 4.78 is 13.3. The molecule has 0 aliphatic carbocycles. The van der Waals surface area contributed by atoms with Crippen LogP contribution in [0.1, 0.15) is 17.2 Å². The van der Waals surface area contributed by atoms with Crippen LogP contribution >= 0.6 is 15.9 Å². The maximum absolute atomic E-state index is 13.0. The van der Waals surface area contributed by atoms with E-state index in [9.17, 15) is 9.50 Å². The van der Waals surface area contributed by atoms with Crippen LogP contribution < -0.4 is 5.73 Å². The maximum Gasteiger partial charge on any atom is 0.137 e. The Hall–Kier alpha value is -0.450. The third-order valence-electron chi connectivity index (χ3n) is 1.89. The van der Waals surface area contributed by atoms with E-state index < -0.39 is 6.10 Å². The molecule has 4 heteroatoms. The van der Waals surface area contributed by atoms with Gasteiger partial charge in [0.1, 0.15) is 5.82 Å². The van der Waals surface area contributed by atoms with E-state index in [1.807, 2.05) is 0 Å². The first-order valence-electron chi connectivity index (χ1n) is 3.90. The molecule has 1 aromatic rings. The molecule has 0 aliphatic rings. The van der Waals surface area contributed by atoms with Gasteiger partial charge in [-0.15, -0.1) is 0 Å². The van der Waals surface area contributed by atoms with Crippen LogP contribution in [0.15, 0.2) is 16.6 Å². The van der Waals surface area contributed by atoms with Crippen molar-refractivity contribution in [3.63, 3.8) is 0 Å². The number of aliphatic hydroxyl groups excluding tert-OH is 1. The topological polar surface area (TPSA) is 46.2 Å². The number of hydrogen-bond acceptors (Lipinski definition) is 2. The Balaban J connectivity index is 3.15. The summed E-state index contributed by atoms with van der Waals surface area (Å²) in [6, 6.07) is 2.93.